The normalized spacial score (nSPS) is 16.9. The Morgan fingerprint density at radius 1 is 1.19 bits per heavy atom. The average Bonchev–Trinajstić information content (AvgIpc) is 3.08. The zero-order chi connectivity index (χ0) is 18.5. The van der Waals surface area contributed by atoms with E-state index in [9.17, 15) is 9.59 Å². The van der Waals surface area contributed by atoms with Gasteiger partial charge in [-0.1, -0.05) is 12.1 Å². The molecule has 0 aliphatic carbocycles. The molecule has 1 fully saturated rings. The van der Waals surface area contributed by atoms with E-state index in [-0.39, 0.29) is 17.9 Å². The molecule has 2 aromatic rings. The van der Waals surface area contributed by atoms with Crippen molar-refractivity contribution in [3.63, 3.8) is 0 Å². The third-order valence-corrected chi connectivity index (χ3v) is 4.61. The van der Waals surface area contributed by atoms with E-state index in [1.807, 2.05) is 0 Å². The molecule has 3 rings (SSSR count). The molecular weight excluding hydrogens is 332 g/mol. The number of hydrogen-bond donors (Lipinski definition) is 1. The molecule has 2 amide bonds. The molecule has 0 saturated carbocycles. The van der Waals surface area contributed by atoms with Crippen LogP contribution >= 0.6 is 0 Å². The second-order valence-corrected chi connectivity index (χ2v) is 6.56. The summed E-state index contributed by atoms with van der Waals surface area (Å²) in [5, 5.41) is 2.82. The summed E-state index contributed by atoms with van der Waals surface area (Å²) in [5.41, 5.74) is 1.40. The maximum absolute atomic E-state index is 12.9. The van der Waals surface area contributed by atoms with Crippen LogP contribution in [0.5, 0.6) is 0 Å². The molecule has 1 aromatic heterocycles. The monoisotopic (exact) mass is 356 g/mol. The van der Waals surface area contributed by atoms with Crippen molar-refractivity contribution in [2.75, 3.05) is 25.5 Å². The highest BCUT2D eigenvalue weighted by molar-refractivity contribution is 6.09. The lowest BCUT2D eigenvalue weighted by Crippen LogP contribution is -2.37. The molecule has 6 nitrogen and oxygen atoms in total. The average molecular weight is 356 g/mol. The number of para-hydroxylation sites is 1. The Balaban J connectivity index is 1.72. The zero-order valence-electron chi connectivity index (χ0n) is 15.2. The van der Waals surface area contributed by atoms with Crippen LogP contribution in [0.2, 0.25) is 0 Å². The summed E-state index contributed by atoms with van der Waals surface area (Å²) in [6.07, 6.45) is 4.72. The highest BCUT2D eigenvalue weighted by Gasteiger charge is 2.22. The Morgan fingerprint density at radius 2 is 2.00 bits per heavy atom. The second-order valence-electron chi connectivity index (χ2n) is 6.56. The lowest BCUT2D eigenvalue weighted by Gasteiger charge is -2.28. The van der Waals surface area contributed by atoms with E-state index >= 15 is 0 Å². The summed E-state index contributed by atoms with van der Waals surface area (Å²) in [6, 6.07) is 8.64. The van der Waals surface area contributed by atoms with E-state index in [0.717, 1.165) is 25.9 Å². The van der Waals surface area contributed by atoms with E-state index < -0.39 is 0 Å². The number of rotatable bonds is 5. The predicted molar refractivity (Wildman–Crippen MR) is 98.4 cm³/mol. The minimum atomic E-state index is -0.297. The summed E-state index contributed by atoms with van der Waals surface area (Å²) in [4.78, 5) is 27.0. The van der Waals surface area contributed by atoms with Crippen LogP contribution < -0.4 is 5.32 Å². The van der Waals surface area contributed by atoms with E-state index in [0.29, 0.717) is 29.1 Å². The Labute approximate surface area is 153 Å². The number of amides is 2. The van der Waals surface area contributed by atoms with Gasteiger partial charge in [0, 0.05) is 20.2 Å². The minimum Gasteiger partial charge on any atom is -0.469 e. The van der Waals surface area contributed by atoms with Crippen molar-refractivity contribution in [1.29, 1.82) is 0 Å². The van der Waals surface area contributed by atoms with Gasteiger partial charge >= 0.3 is 0 Å². The fraction of sp³-hybridized carbons (Fsp3) is 0.400. The van der Waals surface area contributed by atoms with Crippen LogP contribution in [0.1, 0.15) is 45.7 Å². The number of benzene rings is 1. The van der Waals surface area contributed by atoms with Crippen molar-refractivity contribution in [2.24, 2.45) is 0 Å². The van der Waals surface area contributed by atoms with Crippen molar-refractivity contribution in [1.82, 2.24) is 4.90 Å². The number of aryl methyl sites for hydroxylation is 1. The molecule has 1 unspecified atom stereocenters. The Hall–Kier alpha value is -2.60. The first-order valence-corrected chi connectivity index (χ1v) is 8.88. The zero-order valence-corrected chi connectivity index (χ0v) is 15.2. The molecule has 0 radical (unpaired) electrons. The number of carbonyl (C=O) groups is 2. The topological polar surface area (TPSA) is 71.8 Å². The lowest BCUT2D eigenvalue weighted by molar-refractivity contribution is -0.000171. The van der Waals surface area contributed by atoms with Gasteiger partial charge in [-0.25, -0.2) is 0 Å². The van der Waals surface area contributed by atoms with Crippen molar-refractivity contribution in [3.8, 4) is 0 Å². The van der Waals surface area contributed by atoms with Crippen molar-refractivity contribution < 1.29 is 18.7 Å². The Morgan fingerprint density at radius 3 is 2.69 bits per heavy atom. The quantitative estimate of drug-likeness (QED) is 0.890. The molecule has 1 aliphatic rings. The molecule has 1 aliphatic heterocycles. The van der Waals surface area contributed by atoms with Gasteiger partial charge in [0.2, 0.25) is 0 Å². The SMILES string of the molecule is Cc1occc1C(=O)Nc1ccccc1C(=O)N(C)CC1CCCCO1. The highest BCUT2D eigenvalue weighted by atomic mass is 16.5. The van der Waals surface area contributed by atoms with Gasteiger partial charge in [0.25, 0.3) is 11.8 Å². The minimum absolute atomic E-state index is 0.0769. The first-order valence-electron chi connectivity index (χ1n) is 8.88. The number of nitrogens with zero attached hydrogens (tertiary/aromatic N) is 1. The molecule has 1 saturated heterocycles. The molecular formula is C20H24N2O4. The van der Waals surface area contributed by atoms with Gasteiger partial charge < -0.3 is 19.4 Å². The Kier molecular flexibility index (Phi) is 5.73. The second kappa shape index (κ2) is 8.19. The van der Waals surface area contributed by atoms with Crippen LogP contribution in [0.15, 0.2) is 41.0 Å². The van der Waals surface area contributed by atoms with E-state index in [4.69, 9.17) is 9.15 Å². The molecule has 6 heteroatoms. The van der Waals surface area contributed by atoms with Crippen molar-refractivity contribution in [2.45, 2.75) is 32.3 Å². The van der Waals surface area contributed by atoms with Gasteiger partial charge in [0.1, 0.15) is 5.76 Å². The molecule has 0 spiro atoms. The molecule has 138 valence electrons. The van der Waals surface area contributed by atoms with Gasteiger partial charge in [-0.2, -0.15) is 0 Å². The van der Waals surface area contributed by atoms with Crippen molar-refractivity contribution in [3.05, 3.63) is 53.5 Å². The van der Waals surface area contributed by atoms with Crippen molar-refractivity contribution >= 4 is 17.5 Å². The number of ether oxygens (including phenoxy) is 1. The molecule has 0 bridgehead atoms. The number of nitrogens with one attached hydrogen (secondary N) is 1. The highest BCUT2D eigenvalue weighted by Crippen LogP contribution is 2.20. The van der Waals surface area contributed by atoms with Gasteiger partial charge in [-0.3, -0.25) is 9.59 Å². The lowest BCUT2D eigenvalue weighted by atomic mass is 10.1. The van der Waals surface area contributed by atoms with Crippen LogP contribution in [0, 0.1) is 6.92 Å². The number of furan rings is 1. The van der Waals surface area contributed by atoms with E-state index in [1.54, 1.807) is 49.2 Å². The number of anilines is 1. The van der Waals surface area contributed by atoms with Crippen LogP contribution in [-0.2, 0) is 4.74 Å². The van der Waals surface area contributed by atoms with Crippen LogP contribution in [0.4, 0.5) is 5.69 Å². The maximum atomic E-state index is 12.9. The molecule has 1 aromatic carbocycles. The molecule has 26 heavy (non-hydrogen) atoms. The summed E-state index contributed by atoms with van der Waals surface area (Å²) >= 11 is 0. The third-order valence-electron chi connectivity index (χ3n) is 4.61. The maximum Gasteiger partial charge on any atom is 0.259 e. The summed E-state index contributed by atoms with van der Waals surface area (Å²) in [5.74, 6) is 0.103. The standard InChI is InChI=1S/C20H24N2O4/c1-14-16(10-12-25-14)19(23)21-18-9-4-3-8-17(18)20(24)22(2)13-15-7-5-6-11-26-15/h3-4,8-10,12,15H,5-7,11,13H2,1-2H3,(H,21,23). The van der Waals surface area contributed by atoms with Gasteiger partial charge in [-0.05, 0) is 44.4 Å². The number of carbonyl (C=O) groups excluding carboxylic acids is 2. The first-order chi connectivity index (χ1) is 12.6. The van der Waals surface area contributed by atoms with Crippen LogP contribution in [0.3, 0.4) is 0 Å². The molecule has 2 heterocycles. The van der Waals surface area contributed by atoms with Gasteiger partial charge in [0.05, 0.1) is 29.2 Å². The molecule has 1 N–H and O–H groups in total. The van der Waals surface area contributed by atoms with Gasteiger partial charge in [-0.15, -0.1) is 0 Å². The van der Waals surface area contributed by atoms with Gasteiger partial charge in [0.15, 0.2) is 0 Å². The Bertz CT molecular complexity index is 778. The predicted octanol–water partition coefficient (Wildman–Crippen LogP) is 3.48. The first kappa shape index (κ1) is 18.2. The van der Waals surface area contributed by atoms with Crippen LogP contribution in [0.25, 0.3) is 0 Å². The number of likely N-dealkylation sites (N-methyl/N-ethyl adjacent to an activating group) is 1. The fourth-order valence-corrected chi connectivity index (χ4v) is 3.13. The van der Waals surface area contributed by atoms with E-state index in [1.165, 1.54) is 6.26 Å². The van der Waals surface area contributed by atoms with Crippen LogP contribution in [-0.4, -0.2) is 43.0 Å². The smallest absolute Gasteiger partial charge is 0.259 e. The third kappa shape index (κ3) is 4.14. The summed E-state index contributed by atoms with van der Waals surface area (Å²) < 4.78 is 10.9. The largest absolute Gasteiger partial charge is 0.469 e. The summed E-state index contributed by atoms with van der Waals surface area (Å²) in [6.45, 7) is 3.02. The van der Waals surface area contributed by atoms with E-state index in [2.05, 4.69) is 5.32 Å². The summed E-state index contributed by atoms with van der Waals surface area (Å²) in [7, 11) is 1.76. The molecule has 1 atom stereocenters. The fourth-order valence-electron chi connectivity index (χ4n) is 3.13. The number of hydrogen-bond acceptors (Lipinski definition) is 4.